The van der Waals surface area contributed by atoms with Gasteiger partial charge in [0.1, 0.15) is 0 Å². The van der Waals surface area contributed by atoms with Gasteiger partial charge in [0.25, 0.3) is 5.92 Å². The van der Waals surface area contributed by atoms with Crippen LogP contribution in [-0.4, -0.2) is 13.2 Å². The second kappa shape index (κ2) is 4.05. The highest BCUT2D eigenvalue weighted by Gasteiger charge is 2.31. The lowest BCUT2D eigenvalue weighted by atomic mass is 10.1. The summed E-state index contributed by atoms with van der Waals surface area (Å²) in [6.45, 7) is 5.50. The van der Waals surface area contributed by atoms with Crippen molar-refractivity contribution in [3.05, 3.63) is 29.8 Å². The van der Waals surface area contributed by atoms with Gasteiger partial charge < -0.3 is 0 Å². The maximum atomic E-state index is 13.0. The van der Waals surface area contributed by atoms with E-state index in [9.17, 15) is 17.2 Å². The average molecular weight is 262 g/mol. The first kappa shape index (κ1) is 14.1. The summed E-state index contributed by atoms with van der Waals surface area (Å²) >= 11 is 0. The van der Waals surface area contributed by atoms with Gasteiger partial charge in [-0.1, -0.05) is 12.1 Å². The summed E-state index contributed by atoms with van der Waals surface area (Å²) in [7, 11) is -3.48. The molecule has 0 heterocycles. The van der Waals surface area contributed by atoms with Crippen LogP contribution in [0.3, 0.4) is 0 Å². The van der Waals surface area contributed by atoms with Crippen molar-refractivity contribution in [1.29, 1.82) is 0 Å². The zero-order valence-electron chi connectivity index (χ0n) is 10.3. The number of sulfone groups is 1. The van der Waals surface area contributed by atoms with Gasteiger partial charge in [0.05, 0.1) is 9.64 Å². The first-order chi connectivity index (χ1) is 7.46. The highest BCUT2D eigenvalue weighted by atomic mass is 32.2. The van der Waals surface area contributed by atoms with E-state index in [0.717, 1.165) is 19.1 Å². The van der Waals surface area contributed by atoms with Crippen LogP contribution >= 0.6 is 0 Å². The molecule has 0 amide bonds. The van der Waals surface area contributed by atoms with Gasteiger partial charge in [-0.05, 0) is 32.9 Å². The summed E-state index contributed by atoms with van der Waals surface area (Å²) < 4.78 is 49.0. The van der Waals surface area contributed by atoms with Crippen molar-refractivity contribution in [2.45, 2.75) is 43.3 Å². The molecule has 0 spiro atoms. The molecule has 1 aromatic carbocycles. The Morgan fingerprint density at radius 3 is 1.65 bits per heavy atom. The van der Waals surface area contributed by atoms with E-state index in [2.05, 4.69) is 0 Å². The molecule has 0 fully saturated rings. The molecule has 0 radical (unpaired) electrons. The number of alkyl halides is 2. The SMILES string of the molecule is CC(F)(F)c1ccc(S(=O)(=O)C(C)(C)C)cc1. The van der Waals surface area contributed by atoms with Crippen LogP contribution in [0.2, 0.25) is 0 Å². The van der Waals surface area contributed by atoms with Crippen molar-refractivity contribution in [3.63, 3.8) is 0 Å². The van der Waals surface area contributed by atoms with E-state index in [1.807, 2.05) is 0 Å². The summed E-state index contributed by atoms with van der Waals surface area (Å²) in [5.41, 5.74) is -0.189. The van der Waals surface area contributed by atoms with Gasteiger partial charge in [0.2, 0.25) is 0 Å². The Hall–Kier alpha value is -0.970. The van der Waals surface area contributed by atoms with Crippen LogP contribution in [0.4, 0.5) is 8.78 Å². The first-order valence-corrected chi connectivity index (χ1v) is 6.67. The van der Waals surface area contributed by atoms with Crippen LogP contribution in [0.1, 0.15) is 33.3 Å². The fourth-order valence-electron chi connectivity index (χ4n) is 1.28. The lowest BCUT2D eigenvalue weighted by Gasteiger charge is -2.19. The second-order valence-electron chi connectivity index (χ2n) is 5.03. The third kappa shape index (κ3) is 2.83. The molecule has 0 N–H and O–H groups in total. The van der Waals surface area contributed by atoms with Crippen molar-refractivity contribution >= 4 is 9.84 Å². The molecule has 0 saturated carbocycles. The molecule has 0 aliphatic heterocycles. The minimum absolute atomic E-state index is 0.0676. The molecule has 1 rings (SSSR count). The van der Waals surface area contributed by atoms with Crippen molar-refractivity contribution in [2.24, 2.45) is 0 Å². The van der Waals surface area contributed by atoms with Crippen LogP contribution in [-0.2, 0) is 15.8 Å². The molecule has 0 aliphatic carbocycles. The van der Waals surface area contributed by atoms with Gasteiger partial charge in [0.15, 0.2) is 9.84 Å². The van der Waals surface area contributed by atoms with E-state index in [1.54, 1.807) is 20.8 Å². The molecule has 0 bridgehead atoms. The van der Waals surface area contributed by atoms with E-state index in [-0.39, 0.29) is 10.5 Å². The maximum Gasteiger partial charge on any atom is 0.270 e. The highest BCUT2D eigenvalue weighted by molar-refractivity contribution is 7.92. The lowest BCUT2D eigenvalue weighted by Crippen LogP contribution is -2.27. The predicted octanol–water partition coefficient (Wildman–Crippen LogP) is 3.37. The molecule has 1 aromatic rings. The standard InChI is InChI=1S/C12H16F2O2S/c1-11(2,3)17(15,16)10-7-5-9(6-8-10)12(4,13)14/h5-8H,1-4H3. The molecule has 0 unspecified atom stereocenters. The normalized spacial score (nSPS) is 13.8. The van der Waals surface area contributed by atoms with E-state index < -0.39 is 20.5 Å². The summed E-state index contributed by atoms with van der Waals surface area (Å²) in [5.74, 6) is -2.95. The molecular formula is C12H16F2O2S. The smallest absolute Gasteiger partial charge is 0.223 e. The van der Waals surface area contributed by atoms with Crippen LogP contribution in [0, 0.1) is 0 Å². The largest absolute Gasteiger partial charge is 0.270 e. The Labute approximate surface area is 101 Å². The number of hydrogen-bond acceptors (Lipinski definition) is 2. The Kier molecular flexibility index (Phi) is 3.36. The van der Waals surface area contributed by atoms with Gasteiger partial charge >= 0.3 is 0 Å². The summed E-state index contributed by atoms with van der Waals surface area (Å²) in [6, 6.07) is 4.76. The Morgan fingerprint density at radius 1 is 0.941 bits per heavy atom. The second-order valence-corrected chi connectivity index (χ2v) is 7.73. The Balaban J connectivity index is 3.22. The monoisotopic (exact) mass is 262 g/mol. The minimum atomic E-state index is -3.48. The van der Waals surface area contributed by atoms with E-state index >= 15 is 0 Å². The fraction of sp³-hybridized carbons (Fsp3) is 0.500. The molecule has 96 valence electrons. The van der Waals surface area contributed by atoms with Crippen LogP contribution in [0.15, 0.2) is 29.2 Å². The first-order valence-electron chi connectivity index (χ1n) is 5.19. The van der Waals surface area contributed by atoms with E-state index in [1.165, 1.54) is 12.1 Å². The van der Waals surface area contributed by atoms with E-state index in [0.29, 0.717) is 0 Å². The summed E-state index contributed by atoms with van der Waals surface area (Å²) in [4.78, 5) is 0.0676. The van der Waals surface area contributed by atoms with Crippen LogP contribution in [0.5, 0.6) is 0 Å². The van der Waals surface area contributed by atoms with Crippen molar-refractivity contribution in [1.82, 2.24) is 0 Å². The van der Waals surface area contributed by atoms with Gasteiger partial charge in [-0.25, -0.2) is 17.2 Å². The summed E-state index contributed by atoms with van der Waals surface area (Å²) in [6.07, 6.45) is 0. The number of benzene rings is 1. The Bertz CT molecular complexity index is 491. The van der Waals surface area contributed by atoms with Gasteiger partial charge in [0, 0.05) is 12.5 Å². The molecule has 5 heteroatoms. The Morgan fingerprint density at radius 2 is 1.35 bits per heavy atom. The maximum absolute atomic E-state index is 13.0. The molecule has 0 atom stereocenters. The van der Waals surface area contributed by atoms with Gasteiger partial charge in [-0.3, -0.25) is 0 Å². The zero-order valence-corrected chi connectivity index (χ0v) is 11.1. The molecule has 0 saturated heterocycles. The third-order valence-corrected chi connectivity index (χ3v) is 4.98. The zero-order chi connectivity index (χ0) is 13.5. The average Bonchev–Trinajstić information content (AvgIpc) is 2.15. The third-order valence-electron chi connectivity index (χ3n) is 2.48. The number of hydrogen-bond donors (Lipinski definition) is 0. The lowest BCUT2D eigenvalue weighted by molar-refractivity contribution is 0.0174. The fourth-order valence-corrected chi connectivity index (χ4v) is 2.48. The molecule has 2 nitrogen and oxygen atoms in total. The molecular weight excluding hydrogens is 246 g/mol. The predicted molar refractivity (Wildman–Crippen MR) is 62.9 cm³/mol. The van der Waals surface area contributed by atoms with Crippen LogP contribution < -0.4 is 0 Å². The van der Waals surface area contributed by atoms with Gasteiger partial charge in [-0.2, -0.15) is 0 Å². The molecule has 17 heavy (non-hydrogen) atoms. The highest BCUT2D eigenvalue weighted by Crippen LogP contribution is 2.30. The van der Waals surface area contributed by atoms with Gasteiger partial charge in [-0.15, -0.1) is 0 Å². The van der Waals surface area contributed by atoms with Crippen molar-refractivity contribution in [3.8, 4) is 0 Å². The topological polar surface area (TPSA) is 34.1 Å². The van der Waals surface area contributed by atoms with Crippen molar-refractivity contribution < 1.29 is 17.2 Å². The summed E-state index contributed by atoms with van der Waals surface area (Å²) in [5, 5.41) is 0. The van der Waals surface area contributed by atoms with Crippen molar-refractivity contribution in [2.75, 3.05) is 0 Å². The molecule has 0 aliphatic rings. The van der Waals surface area contributed by atoms with Crippen LogP contribution in [0.25, 0.3) is 0 Å². The number of rotatable bonds is 2. The quantitative estimate of drug-likeness (QED) is 0.819. The van der Waals surface area contributed by atoms with E-state index in [4.69, 9.17) is 0 Å². The molecule has 0 aromatic heterocycles. The number of halogens is 2. The minimum Gasteiger partial charge on any atom is -0.223 e.